The largest absolute Gasteiger partial charge is 0.450 e. The van der Waals surface area contributed by atoms with E-state index in [9.17, 15) is 4.79 Å². The average Bonchev–Trinajstić information content (AvgIpc) is 2.54. The lowest BCUT2D eigenvalue weighted by atomic mass is 10.1. The van der Waals surface area contributed by atoms with Gasteiger partial charge >= 0.3 is 6.09 Å². The zero-order chi connectivity index (χ0) is 14.8. The molecule has 0 fully saturated rings. The molecular formula is C18H21NO2. The van der Waals surface area contributed by atoms with Crippen LogP contribution in [0.3, 0.4) is 0 Å². The quantitative estimate of drug-likeness (QED) is 0.789. The molecule has 0 unspecified atom stereocenters. The van der Waals surface area contributed by atoms with Crippen LogP contribution in [0, 0.1) is 0 Å². The van der Waals surface area contributed by atoms with E-state index in [-0.39, 0.29) is 6.09 Å². The van der Waals surface area contributed by atoms with Crippen molar-refractivity contribution in [1.29, 1.82) is 0 Å². The predicted octanol–water partition coefficient (Wildman–Crippen LogP) is 3.59. The second-order valence-corrected chi connectivity index (χ2v) is 4.89. The number of rotatable bonds is 7. The number of hydrogen-bond acceptors (Lipinski definition) is 2. The summed E-state index contributed by atoms with van der Waals surface area (Å²) in [6, 6.07) is 20.3. The third kappa shape index (κ3) is 6.13. The van der Waals surface area contributed by atoms with Crippen LogP contribution in [0.5, 0.6) is 0 Å². The molecule has 21 heavy (non-hydrogen) atoms. The molecule has 1 N–H and O–H groups in total. The van der Waals surface area contributed by atoms with E-state index in [0.29, 0.717) is 13.2 Å². The van der Waals surface area contributed by atoms with E-state index in [1.165, 1.54) is 11.1 Å². The number of amides is 1. The highest BCUT2D eigenvalue weighted by Gasteiger charge is 2.01. The highest BCUT2D eigenvalue weighted by Crippen LogP contribution is 2.02. The molecule has 3 nitrogen and oxygen atoms in total. The number of aryl methyl sites for hydroxylation is 1. The lowest BCUT2D eigenvalue weighted by Crippen LogP contribution is -2.26. The van der Waals surface area contributed by atoms with Crippen LogP contribution in [0.4, 0.5) is 4.79 Å². The molecule has 0 aliphatic carbocycles. The van der Waals surface area contributed by atoms with Gasteiger partial charge in [-0.2, -0.15) is 0 Å². The van der Waals surface area contributed by atoms with Gasteiger partial charge in [-0.15, -0.1) is 0 Å². The monoisotopic (exact) mass is 283 g/mol. The molecule has 0 atom stereocenters. The maximum absolute atomic E-state index is 11.5. The minimum absolute atomic E-state index is 0.334. The Bertz CT molecular complexity index is 525. The highest BCUT2D eigenvalue weighted by molar-refractivity contribution is 5.67. The van der Waals surface area contributed by atoms with Crippen LogP contribution in [0.15, 0.2) is 60.7 Å². The van der Waals surface area contributed by atoms with Gasteiger partial charge in [0.2, 0.25) is 0 Å². The molecule has 0 spiro atoms. The Morgan fingerprint density at radius 2 is 1.43 bits per heavy atom. The third-order valence-corrected chi connectivity index (χ3v) is 3.21. The maximum Gasteiger partial charge on any atom is 0.407 e. The van der Waals surface area contributed by atoms with Gasteiger partial charge in [-0.05, 0) is 30.4 Å². The van der Waals surface area contributed by atoms with Crippen LogP contribution in [-0.2, 0) is 17.6 Å². The summed E-state index contributed by atoms with van der Waals surface area (Å²) in [5, 5.41) is 2.77. The van der Waals surface area contributed by atoms with Crippen molar-refractivity contribution in [3.05, 3.63) is 71.8 Å². The van der Waals surface area contributed by atoms with Gasteiger partial charge < -0.3 is 10.1 Å². The number of hydrogen-bond donors (Lipinski definition) is 1. The number of carbonyl (C=O) groups excluding carboxylic acids is 1. The van der Waals surface area contributed by atoms with Crippen molar-refractivity contribution in [2.75, 3.05) is 13.2 Å². The fraction of sp³-hybridized carbons (Fsp3) is 0.278. The van der Waals surface area contributed by atoms with Gasteiger partial charge in [-0.1, -0.05) is 60.7 Å². The lowest BCUT2D eigenvalue weighted by Gasteiger charge is -2.07. The topological polar surface area (TPSA) is 38.3 Å². The molecule has 0 saturated carbocycles. The van der Waals surface area contributed by atoms with E-state index in [0.717, 1.165) is 19.3 Å². The molecular weight excluding hydrogens is 262 g/mol. The van der Waals surface area contributed by atoms with Gasteiger partial charge in [0.15, 0.2) is 0 Å². The molecule has 110 valence electrons. The number of nitrogens with one attached hydrogen (secondary N) is 1. The van der Waals surface area contributed by atoms with Crippen molar-refractivity contribution >= 4 is 6.09 Å². The second-order valence-electron chi connectivity index (χ2n) is 4.89. The van der Waals surface area contributed by atoms with Crippen molar-refractivity contribution < 1.29 is 9.53 Å². The first-order valence-electron chi connectivity index (χ1n) is 7.33. The Morgan fingerprint density at radius 3 is 2.05 bits per heavy atom. The van der Waals surface area contributed by atoms with Gasteiger partial charge in [-0.3, -0.25) is 0 Å². The standard InChI is InChI=1S/C18H21NO2/c20-18(19-14-13-17-10-5-2-6-11-17)21-15-7-12-16-8-3-1-4-9-16/h1-6,8-11H,7,12-15H2,(H,19,20). The molecule has 2 rings (SSSR count). The minimum Gasteiger partial charge on any atom is -0.450 e. The first kappa shape index (κ1) is 15.1. The highest BCUT2D eigenvalue weighted by atomic mass is 16.5. The predicted molar refractivity (Wildman–Crippen MR) is 84.3 cm³/mol. The average molecular weight is 283 g/mol. The molecule has 1 amide bonds. The molecule has 0 heterocycles. The summed E-state index contributed by atoms with van der Waals surface area (Å²) >= 11 is 0. The summed E-state index contributed by atoms with van der Waals surface area (Å²) < 4.78 is 5.15. The molecule has 0 radical (unpaired) electrons. The van der Waals surface area contributed by atoms with Crippen LogP contribution < -0.4 is 5.32 Å². The van der Waals surface area contributed by atoms with E-state index >= 15 is 0 Å². The van der Waals surface area contributed by atoms with E-state index in [1.54, 1.807) is 0 Å². The second kappa shape index (κ2) is 8.80. The van der Waals surface area contributed by atoms with Gasteiger partial charge in [0, 0.05) is 6.54 Å². The normalized spacial score (nSPS) is 10.1. The number of ether oxygens (including phenoxy) is 1. The van der Waals surface area contributed by atoms with Crippen molar-refractivity contribution in [2.24, 2.45) is 0 Å². The van der Waals surface area contributed by atoms with Crippen molar-refractivity contribution in [3.63, 3.8) is 0 Å². The summed E-state index contributed by atoms with van der Waals surface area (Å²) in [6.45, 7) is 1.05. The summed E-state index contributed by atoms with van der Waals surface area (Å²) in [4.78, 5) is 11.5. The van der Waals surface area contributed by atoms with Crippen LogP contribution in [0.2, 0.25) is 0 Å². The molecule has 2 aromatic carbocycles. The number of alkyl carbamates (subject to hydrolysis) is 1. The lowest BCUT2D eigenvalue weighted by molar-refractivity contribution is 0.145. The Hall–Kier alpha value is -2.29. The fourth-order valence-electron chi connectivity index (χ4n) is 2.09. The van der Waals surface area contributed by atoms with E-state index in [1.807, 2.05) is 48.5 Å². The van der Waals surface area contributed by atoms with E-state index in [4.69, 9.17) is 4.74 Å². The summed E-state index contributed by atoms with van der Waals surface area (Å²) in [7, 11) is 0. The van der Waals surface area contributed by atoms with Crippen LogP contribution in [-0.4, -0.2) is 19.2 Å². The molecule has 0 saturated heterocycles. The van der Waals surface area contributed by atoms with E-state index < -0.39 is 0 Å². The SMILES string of the molecule is O=C(NCCc1ccccc1)OCCCc1ccccc1. The van der Waals surface area contributed by atoms with Crippen molar-refractivity contribution in [1.82, 2.24) is 5.32 Å². The van der Waals surface area contributed by atoms with Crippen molar-refractivity contribution in [2.45, 2.75) is 19.3 Å². The van der Waals surface area contributed by atoms with Crippen LogP contribution in [0.25, 0.3) is 0 Å². The molecule has 0 bridgehead atoms. The van der Waals surface area contributed by atoms with Gasteiger partial charge in [0.05, 0.1) is 6.61 Å². The zero-order valence-electron chi connectivity index (χ0n) is 12.1. The smallest absolute Gasteiger partial charge is 0.407 e. The number of benzene rings is 2. The zero-order valence-corrected chi connectivity index (χ0v) is 12.1. The van der Waals surface area contributed by atoms with E-state index in [2.05, 4.69) is 17.4 Å². The third-order valence-electron chi connectivity index (χ3n) is 3.21. The maximum atomic E-state index is 11.5. The Labute approximate surface area is 126 Å². The molecule has 2 aromatic rings. The van der Waals surface area contributed by atoms with Crippen LogP contribution >= 0.6 is 0 Å². The summed E-state index contributed by atoms with van der Waals surface area (Å²) in [5.74, 6) is 0. The van der Waals surface area contributed by atoms with Gasteiger partial charge in [0.1, 0.15) is 0 Å². The minimum atomic E-state index is -0.334. The molecule has 0 aliphatic heterocycles. The van der Waals surface area contributed by atoms with Gasteiger partial charge in [-0.25, -0.2) is 4.79 Å². The van der Waals surface area contributed by atoms with Crippen molar-refractivity contribution in [3.8, 4) is 0 Å². The fourth-order valence-corrected chi connectivity index (χ4v) is 2.09. The van der Waals surface area contributed by atoms with Gasteiger partial charge in [0.25, 0.3) is 0 Å². The summed E-state index contributed by atoms with van der Waals surface area (Å²) in [6.07, 6.45) is 2.26. The number of carbonyl (C=O) groups is 1. The molecule has 0 aromatic heterocycles. The molecule has 3 heteroatoms. The first-order valence-corrected chi connectivity index (χ1v) is 7.33. The Morgan fingerprint density at radius 1 is 0.857 bits per heavy atom. The summed E-state index contributed by atoms with van der Waals surface area (Å²) in [5.41, 5.74) is 2.48. The Balaban J connectivity index is 1.54. The Kier molecular flexibility index (Phi) is 6.33. The molecule has 0 aliphatic rings. The first-order chi connectivity index (χ1) is 10.3. The van der Waals surface area contributed by atoms with Crippen LogP contribution in [0.1, 0.15) is 17.5 Å².